The molecule has 1 aliphatic heterocycles. The van der Waals surface area contributed by atoms with Crippen LogP contribution in [0, 0.1) is 5.92 Å². The number of carbonyl (C=O) groups excluding carboxylic acids is 2. The Kier molecular flexibility index (Phi) is 5.30. The van der Waals surface area contributed by atoms with Crippen molar-refractivity contribution in [3.63, 3.8) is 0 Å². The Hall–Kier alpha value is -2.14. The average Bonchev–Trinajstić information content (AvgIpc) is 3.26. The molecular formula is C22H26N2O2S. The molecule has 2 amide bonds. The van der Waals surface area contributed by atoms with Gasteiger partial charge in [-0.15, -0.1) is 11.3 Å². The molecule has 2 aliphatic rings. The maximum Gasteiger partial charge on any atom is 0.264 e. The predicted octanol–water partition coefficient (Wildman–Crippen LogP) is 4.90. The Balaban J connectivity index is 1.49. The lowest BCUT2D eigenvalue weighted by Gasteiger charge is -2.31. The Labute approximate surface area is 164 Å². The van der Waals surface area contributed by atoms with Gasteiger partial charge in [-0.25, -0.2) is 0 Å². The van der Waals surface area contributed by atoms with E-state index in [9.17, 15) is 9.59 Å². The first-order valence-electron chi connectivity index (χ1n) is 9.94. The van der Waals surface area contributed by atoms with Gasteiger partial charge < -0.3 is 10.2 Å². The van der Waals surface area contributed by atoms with Crippen LogP contribution in [0.15, 0.2) is 42.5 Å². The molecule has 0 unspecified atom stereocenters. The molecule has 2 atom stereocenters. The smallest absolute Gasteiger partial charge is 0.264 e. The van der Waals surface area contributed by atoms with Gasteiger partial charge in [0.05, 0.1) is 9.88 Å². The van der Waals surface area contributed by atoms with Crippen LogP contribution in [0.2, 0.25) is 0 Å². The van der Waals surface area contributed by atoms with E-state index in [1.165, 1.54) is 16.9 Å². The van der Waals surface area contributed by atoms with Gasteiger partial charge in [0.15, 0.2) is 0 Å². The molecule has 2 aromatic rings. The van der Waals surface area contributed by atoms with Crippen LogP contribution in [0.5, 0.6) is 0 Å². The number of nitrogens with zero attached hydrogens (tertiary/aromatic N) is 1. The summed E-state index contributed by atoms with van der Waals surface area (Å²) in [6.07, 6.45) is 5.09. The lowest BCUT2D eigenvalue weighted by molar-refractivity contribution is -0.117. The van der Waals surface area contributed by atoms with Crippen molar-refractivity contribution in [3.05, 3.63) is 52.9 Å². The van der Waals surface area contributed by atoms with Crippen molar-refractivity contribution >= 4 is 28.2 Å². The molecule has 1 aromatic heterocycles. The van der Waals surface area contributed by atoms with Gasteiger partial charge in [-0.2, -0.15) is 0 Å². The van der Waals surface area contributed by atoms with E-state index in [2.05, 4.69) is 41.4 Å². The summed E-state index contributed by atoms with van der Waals surface area (Å²) in [5.74, 6) is 0.728. The summed E-state index contributed by atoms with van der Waals surface area (Å²) in [5.41, 5.74) is 1.31. The molecule has 1 aliphatic carbocycles. The highest BCUT2D eigenvalue weighted by atomic mass is 32.1. The molecule has 1 aromatic carbocycles. The molecule has 0 spiro atoms. The summed E-state index contributed by atoms with van der Waals surface area (Å²) in [6.45, 7) is 3.02. The maximum atomic E-state index is 13.2. The van der Waals surface area contributed by atoms with E-state index in [-0.39, 0.29) is 23.8 Å². The third kappa shape index (κ3) is 3.93. The van der Waals surface area contributed by atoms with E-state index in [4.69, 9.17) is 0 Å². The highest BCUT2D eigenvalue weighted by Crippen LogP contribution is 2.36. The van der Waals surface area contributed by atoms with Gasteiger partial charge in [0.1, 0.15) is 0 Å². The summed E-state index contributed by atoms with van der Waals surface area (Å²) in [7, 11) is 0. The molecule has 2 heterocycles. The van der Waals surface area contributed by atoms with Crippen LogP contribution in [0.25, 0.3) is 0 Å². The van der Waals surface area contributed by atoms with Crippen LogP contribution in [0.4, 0.5) is 5.00 Å². The van der Waals surface area contributed by atoms with E-state index in [1.54, 1.807) is 0 Å². The van der Waals surface area contributed by atoms with Crippen LogP contribution in [0.3, 0.4) is 0 Å². The molecule has 4 rings (SSSR count). The first-order valence-corrected chi connectivity index (χ1v) is 10.8. The van der Waals surface area contributed by atoms with Gasteiger partial charge in [-0.05, 0) is 49.8 Å². The van der Waals surface area contributed by atoms with Gasteiger partial charge in [-0.1, -0.05) is 37.3 Å². The Bertz CT molecular complexity index is 813. The molecule has 1 saturated carbocycles. The maximum absolute atomic E-state index is 13.2. The Morgan fingerprint density at radius 3 is 2.63 bits per heavy atom. The molecule has 0 radical (unpaired) electrons. The first-order chi connectivity index (χ1) is 13.2. The number of rotatable bonds is 6. The highest BCUT2D eigenvalue weighted by Gasteiger charge is 2.36. The van der Waals surface area contributed by atoms with Crippen LogP contribution >= 0.6 is 11.3 Å². The van der Waals surface area contributed by atoms with Crippen molar-refractivity contribution in [1.82, 2.24) is 4.90 Å². The number of thiophene rings is 1. The molecule has 1 saturated heterocycles. The zero-order valence-corrected chi connectivity index (χ0v) is 16.5. The average molecular weight is 383 g/mol. The zero-order chi connectivity index (χ0) is 18.8. The van der Waals surface area contributed by atoms with Crippen LogP contribution in [-0.2, 0) is 4.79 Å². The van der Waals surface area contributed by atoms with E-state index in [1.807, 2.05) is 18.2 Å². The predicted molar refractivity (Wildman–Crippen MR) is 109 cm³/mol. The standard InChI is InChI=1S/C22H26N2O2S/c1-2-17(15-7-4-3-5-8-15)18-9-6-14-24(18)22(26)19-12-13-20(27-19)23-21(25)16-10-11-16/h3-5,7-8,12-13,16-18H,2,6,9-11,14H2,1H3,(H,23,25)/t17-,18+/m0/s1. The largest absolute Gasteiger partial charge is 0.334 e. The third-order valence-electron chi connectivity index (χ3n) is 5.70. The fourth-order valence-corrected chi connectivity index (χ4v) is 4.99. The highest BCUT2D eigenvalue weighted by molar-refractivity contribution is 7.18. The number of anilines is 1. The minimum Gasteiger partial charge on any atom is -0.334 e. The van der Waals surface area contributed by atoms with E-state index in [0.717, 1.165) is 48.5 Å². The lowest BCUT2D eigenvalue weighted by Crippen LogP contribution is -2.38. The van der Waals surface area contributed by atoms with E-state index in [0.29, 0.717) is 5.92 Å². The number of nitrogens with one attached hydrogen (secondary N) is 1. The topological polar surface area (TPSA) is 49.4 Å². The molecule has 0 bridgehead atoms. The minimum atomic E-state index is 0.0880. The van der Waals surface area contributed by atoms with Crippen molar-refractivity contribution in [3.8, 4) is 0 Å². The second-order valence-electron chi connectivity index (χ2n) is 7.56. The van der Waals surface area contributed by atoms with E-state index < -0.39 is 0 Å². The second kappa shape index (κ2) is 7.85. The second-order valence-corrected chi connectivity index (χ2v) is 8.64. The molecule has 2 fully saturated rings. The summed E-state index contributed by atoms with van der Waals surface area (Å²) < 4.78 is 0. The molecule has 4 nitrogen and oxygen atoms in total. The fourth-order valence-electron chi connectivity index (χ4n) is 4.12. The molecule has 1 N–H and O–H groups in total. The molecular weight excluding hydrogens is 356 g/mol. The number of carbonyl (C=O) groups is 2. The van der Waals surface area contributed by atoms with Crippen molar-refractivity contribution < 1.29 is 9.59 Å². The Morgan fingerprint density at radius 1 is 1.15 bits per heavy atom. The van der Waals surface area contributed by atoms with Crippen LogP contribution in [-0.4, -0.2) is 29.3 Å². The van der Waals surface area contributed by atoms with Crippen molar-refractivity contribution in [2.75, 3.05) is 11.9 Å². The normalized spacial score (nSPS) is 20.5. The minimum absolute atomic E-state index is 0.0880. The summed E-state index contributed by atoms with van der Waals surface area (Å²) in [6, 6.07) is 14.5. The van der Waals surface area contributed by atoms with Crippen molar-refractivity contribution in [1.29, 1.82) is 0 Å². The SMILES string of the molecule is CC[C@@H](c1ccccc1)[C@H]1CCCN1C(=O)c1ccc(NC(=O)C2CC2)s1. The van der Waals surface area contributed by atoms with Gasteiger partial charge in [-0.3, -0.25) is 9.59 Å². The zero-order valence-electron chi connectivity index (χ0n) is 15.7. The van der Waals surface area contributed by atoms with Crippen molar-refractivity contribution in [2.45, 2.75) is 51.0 Å². The summed E-state index contributed by atoms with van der Waals surface area (Å²) >= 11 is 1.40. The number of amides is 2. The molecule has 142 valence electrons. The number of likely N-dealkylation sites (tertiary alicyclic amines) is 1. The van der Waals surface area contributed by atoms with Crippen molar-refractivity contribution in [2.24, 2.45) is 5.92 Å². The van der Waals surface area contributed by atoms with Gasteiger partial charge in [0.25, 0.3) is 5.91 Å². The van der Waals surface area contributed by atoms with Crippen LogP contribution < -0.4 is 5.32 Å². The molecule has 27 heavy (non-hydrogen) atoms. The van der Waals surface area contributed by atoms with E-state index >= 15 is 0 Å². The fraction of sp³-hybridized carbons (Fsp3) is 0.455. The summed E-state index contributed by atoms with van der Waals surface area (Å²) in [4.78, 5) is 27.9. The monoisotopic (exact) mass is 382 g/mol. The number of hydrogen-bond donors (Lipinski definition) is 1. The molecule has 5 heteroatoms. The summed E-state index contributed by atoms with van der Waals surface area (Å²) in [5, 5.41) is 3.73. The van der Waals surface area contributed by atoms with Gasteiger partial charge in [0, 0.05) is 24.4 Å². The third-order valence-corrected chi connectivity index (χ3v) is 6.69. The first kappa shape index (κ1) is 18.2. The van der Waals surface area contributed by atoms with Gasteiger partial charge in [0.2, 0.25) is 5.91 Å². The lowest BCUT2D eigenvalue weighted by atomic mass is 9.87. The van der Waals surface area contributed by atoms with Crippen LogP contribution in [0.1, 0.15) is 60.2 Å². The number of hydrogen-bond acceptors (Lipinski definition) is 3. The van der Waals surface area contributed by atoms with Gasteiger partial charge >= 0.3 is 0 Å². The quantitative estimate of drug-likeness (QED) is 0.773. The Morgan fingerprint density at radius 2 is 1.93 bits per heavy atom. The number of benzene rings is 1.